The number of nitrogens with one attached hydrogen (secondary N) is 2. The molecule has 0 spiro atoms. The Morgan fingerprint density at radius 1 is 1.18 bits per heavy atom. The van der Waals surface area contributed by atoms with Gasteiger partial charge in [-0.15, -0.1) is 6.42 Å². The number of aromatic amines is 1. The van der Waals surface area contributed by atoms with Crippen molar-refractivity contribution in [3.05, 3.63) is 83.7 Å². The number of carbonyl (C=O) groups is 1. The van der Waals surface area contributed by atoms with Crippen LogP contribution in [0.25, 0.3) is 22.2 Å². The van der Waals surface area contributed by atoms with Crippen molar-refractivity contribution in [1.29, 1.82) is 0 Å². The number of terminal acetylenes is 1. The number of para-hydroxylation sites is 1. The van der Waals surface area contributed by atoms with Crippen LogP contribution in [0, 0.1) is 12.3 Å². The molecule has 6 heteroatoms. The average molecular weight is 454 g/mol. The molecule has 0 fully saturated rings. The van der Waals surface area contributed by atoms with Gasteiger partial charge in [0.15, 0.2) is 0 Å². The third-order valence-electron chi connectivity index (χ3n) is 5.44. The summed E-state index contributed by atoms with van der Waals surface area (Å²) in [6.45, 7) is 3.54. The molecule has 2 aromatic heterocycles. The number of ether oxygens (including phenoxy) is 1. The molecule has 1 aromatic carbocycles. The van der Waals surface area contributed by atoms with E-state index in [4.69, 9.17) is 11.2 Å². The van der Waals surface area contributed by atoms with Crippen LogP contribution in [0.15, 0.2) is 67.0 Å². The van der Waals surface area contributed by atoms with Gasteiger partial charge >= 0.3 is 0 Å². The van der Waals surface area contributed by atoms with Gasteiger partial charge in [-0.25, -0.2) is 4.98 Å². The van der Waals surface area contributed by atoms with Gasteiger partial charge in [-0.3, -0.25) is 4.79 Å². The second kappa shape index (κ2) is 10.2. The fourth-order valence-corrected chi connectivity index (χ4v) is 3.74. The highest BCUT2D eigenvalue weighted by atomic mass is 16.5. The van der Waals surface area contributed by atoms with Gasteiger partial charge in [0.25, 0.3) is 5.91 Å². The molecule has 2 heterocycles. The molecule has 1 atom stereocenters. The number of amides is 1. The molecule has 172 valence electrons. The minimum absolute atomic E-state index is 0.131. The van der Waals surface area contributed by atoms with Crippen LogP contribution in [0.3, 0.4) is 0 Å². The van der Waals surface area contributed by atoms with Gasteiger partial charge in [0.2, 0.25) is 0 Å². The topological polar surface area (TPSA) is 87.2 Å². The van der Waals surface area contributed by atoms with E-state index in [0.717, 1.165) is 16.6 Å². The SMILES string of the molecule is C#Cc1cccc(C(=O)NC(CO)Cc2c[nH]c3ncccc23)c1OC(C)C.c1cc2cc-2c1. The van der Waals surface area contributed by atoms with Crippen molar-refractivity contribution in [2.45, 2.75) is 32.4 Å². The number of fused-ring (bicyclic) bond motifs is 2. The van der Waals surface area contributed by atoms with Crippen LogP contribution in [0.5, 0.6) is 5.75 Å². The van der Waals surface area contributed by atoms with E-state index in [1.165, 1.54) is 11.1 Å². The first-order valence-electron chi connectivity index (χ1n) is 11.2. The van der Waals surface area contributed by atoms with Gasteiger partial charge in [0.1, 0.15) is 11.4 Å². The first kappa shape index (κ1) is 23.1. The van der Waals surface area contributed by atoms with E-state index >= 15 is 0 Å². The molecule has 34 heavy (non-hydrogen) atoms. The van der Waals surface area contributed by atoms with Gasteiger partial charge in [0, 0.05) is 17.8 Å². The van der Waals surface area contributed by atoms with Crippen LogP contribution in [-0.2, 0) is 6.42 Å². The van der Waals surface area contributed by atoms with Gasteiger partial charge in [-0.05, 0) is 67.3 Å². The van der Waals surface area contributed by atoms with Gasteiger partial charge in [-0.1, -0.05) is 30.2 Å². The highest BCUT2D eigenvalue weighted by Gasteiger charge is 2.20. The summed E-state index contributed by atoms with van der Waals surface area (Å²) in [6.07, 6.45) is 9.44. The summed E-state index contributed by atoms with van der Waals surface area (Å²) in [6, 6.07) is 16.9. The minimum atomic E-state index is -0.465. The Hall–Kier alpha value is -4.08. The number of aromatic nitrogens is 2. The van der Waals surface area contributed by atoms with Crippen molar-refractivity contribution in [3.8, 4) is 29.2 Å². The van der Waals surface area contributed by atoms with E-state index in [2.05, 4.69) is 45.5 Å². The van der Waals surface area contributed by atoms with Crippen LogP contribution in [0.4, 0.5) is 0 Å². The fraction of sp³-hybridized carbons (Fsp3) is 0.214. The fourth-order valence-electron chi connectivity index (χ4n) is 3.74. The van der Waals surface area contributed by atoms with E-state index in [-0.39, 0.29) is 18.6 Å². The highest BCUT2D eigenvalue weighted by Crippen LogP contribution is 2.32. The molecule has 6 nitrogen and oxygen atoms in total. The summed E-state index contributed by atoms with van der Waals surface area (Å²) in [7, 11) is 0. The average Bonchev–Trinajstić information content (AvgIpc) is 3.24. The first-order valence-corrected chi connectivity index (χ1v) is 11.2. The number of aliphatic hydroxyl groups excluding tert-OH is 1. The van der Waals surface area contributed by atoms with Crippen LogP contribution >= 0.6 is 0 Å². The van der Waals surface area contributed by atoms with E-state index < -0.39 is 6.04 Å². The summed E-state index contributed by atoms with van der Waals surface area (Å²) in [5.41, 5.74) is 5.46. The van der Waals surface area contributed by atoms with Crippen molar-refractivity contribution < 1.29 is 14.6 Å². The number of carbonyl (C=O) groups excluding carboxylic acids is 1. The second-order valence-corrected chi connectivity index (χ2v) is 8.34. The van der Waals surface area contributed by atoms with Crippen LogP contribution in [-0.4, -0.2) is 39.7 Å². The summed E-state index contributed by atoms with van der Waals surface area (Å²) in [5, 5.41) is 13.6. The number of pyridine rings is 1. The Morgan fingerprint density at radius 2 is 1.94 bits per heavy atom. The predicted molar refractivity (Wildman–Crippen MR) is 134 cm³/mol. The van der Waals surface area contributed by atoms with Crippen LogP contribution in [0.2, 0.25) is 0 Å². The molecule has 5 rings (SSSR count). The Bertz CT molecular complexity index is 1330. The number of H-pyrrole nitrogens is 1. The molecule has 0 saturated heterocycles. The maximum Gasteiger partial charge on any atom is 0.255 e. The lowest BCUT2D eigenvalue weighted by atomic mass is 10.0. The third kappa shape index (κ3) is 5.28. The Kier molecular flexibility index (Phi) is 6.95. The van der Waals surface area contributed by atoms with Crippen molar-refractivity contribution in [2.75, 3.05) is 6.61 Å². The number of benzene rings is 2. The minimum Gasteiger partial charge on any atom is -0.489 e. The maximum absolute atomic E-state index is 12.9. The maximum atomic E-state index is 12.9. The second-order valence-electron chi connectivity index (χ2n) is 8.34. The van der Waals surface area contributed by atoms with Crippen LogP contribution in [0.1, 0.15) is 35.3 Å². The summed E-state index contributed by atoms with van der Waals surface area (Å²) >= 11 is 0. The summed E-state index contributed by atoms with van der Waals surface area (Å²) < 4.78 is 5.79. The molecular formula is C28H27N3O3. The molecule has 3 aromatic rings. The quantitative estimate of drug-likeness (QED) is 0.320. The monoisotopic (exact) mass is 453 g/mol. The summed E-state index contributed by atoms with van der Waals surface area (Å²) in [5.74, 6) is 2.59. The summed E-state index contributed by atoms with van der Waals surface area (Å²) in [4.78, 5) is 20.2. The Labute approximate surface area is 199 Å². The number of hydrogen-bond donors (Lipinski definition) is 3. The molecule has 1 unspecified atom stereocenters. The standard InChI is InChI=1S/C22H23N3O3.C6H4/c1-4-15-7-5-8-19(20(15)28-14(2)3)22(27)25-17(13-26)11-16-12-24-21-18(16)9-6-10-23-21;1-2-5-4-6(5)3-1/h1,5-10,12,14,17,26H,11,13H2,2-3H3,(H,23,24)(H,25,27);1-4H. The molecule has 0 aliphatic heterocycles. The van der Waals surface area contributed by atoms with Crippen molar-refractivity contribution in [1.82, 2.24) is 15.3 Å². The van der Waals surface area contributed by atoms with E-state index in [9.17, 15) is 9.90 Å². The molecule has 0 bridgehead atoms. The number of hydrogen-bond acceptors (Lipinski definition) is 4. The van der Waals surface area contributed by atoms with Gasteiger partial charge in [0.05, 0.1) is 29.9 Å². The van der Waals surface area contributed by atoms with Crippen LogP contribution < -0.4 is 10.1 Å². The largest absolute Gasteiger partial charge is 0.489 e. The first-order chi connectivity index (χ1) is 16.5. The lowest BCUT2D eigenvalue weighted by Gasteiger charge is -2.19. The Morgan fingerprint density at radius 3 is 2.56 bits per heavy atom. The number of aliphatic hydroxyl groups is 1. The molecule has 3 N–H and O–H groups in total. The van der Waals surface area contributed by atoms with E-state index in [1.54, 1.807) is 24.4 Å². The smallest absolute Gasteiger partial charge is 0.255 e. The van der Waals surface area contributed by atoms with Crippen molar-refractivity contribution >= 4 is 16.9 Å². The highest BCUT2D eigenvalue weighted by molar-refractivity contribution is 5.98. The Balaban J connectivity index is 0.000000388. The van der Waals surface area contributed by atoms with Crippen molar-refractivity contribution in [3.63, 3.8) is 0 Å². The lowest BCUT2D eigenvalue weighted by molar-refractivity contribution is 0.0910. The third-order valence-corrected chi connectivity index (χ3v) is 5.44. The van der Waals surface area contributed by atoms with Gasteiger partial charge < -0.3 is 20.1 Å². The molecular weight excluding hydrogens is 426 g/mol. The number of rotatable bonds is 7. The molecule has 0 radical (unpaired) electrons. The van der Waals surface area contributed by atoms with Gasteiger partial charge in [-0.2, -0.15) is 0 Å². The molecule has 1 amide bonds. The zero-order valence-electron chi connectivity index (χ0n) is 19.2. The normalized spacial score (nSPS) is 11.9. The molecule has 2 aliphatic rings. The van der Waals surface area contributed by atoms with Crippen molar-refractivity contribution in [2.24, 2.45) is 0 Å². The molecule has 0 saturated carbocycles. The zero-order chi connectivity index (χ0) is 24.1. The van der Waals surface area contributed by atoms with E-state index in [1.807, 2.05) is 32.2 Å². The molecule has 2 aliphatic carbocycles. The number of nitrogens with zero attached hydrogens (tertiary/aromatic N) is 1. The zero-order valence-corrected chi connectivity index (χ0v) is 19.2. The predicted octanol–water partition coefficient (Wildman–Crippen LogP) is 4.33. The van der Waals surface area contributed by atoms with E-state index in [0.29, 0.717) is 23.3 Å². The lowest BCUT2D eigenvalue weighted by Crippen LogP contribution is -2.39.